The van der Waals surface area contributed by atoms with Gasteiger partial charge in [-0.1, -0.05) is 44.2 Å². The van der Waals surface area contributed by atoms with Gasteiger partial charge in [0, 0.05) is 5.56 Å². The fraction of sp³-hybridized carbons (Fsp3) is 0.348. The molecule has 11 heteroatoms. The van der Waals surface area contributed by atoms with Gasteiger partial charge in [0.05, 0.1) is 30.4 Å². The maximum absolute atomic E-state index is 13.0. The number of nitrogens with zero attached hydrogens (tertiary/aromatic N) is 3. The molecule has 1 N–H and O–H groups in total. The standard InChI is InChI=1S/C19H14F6N4O.C4H10/c20-18(21,22)14-6-12(7-15(8-14)19(23,24)25)10-29-11-16(27-28-29)9-26-17(30)13-4-2-1-3-5-13;1-4(2)3/h1-8,11H,9-10H2,(H,26,30);4H,1-3H3. The number of nitrogens with one attached hydrogen (secondary N) is 1. The maximum atomic E-state index is 13.0. The van der Waals surface area contributed by atoms with Crippen molar-refractivity contribution in [2.24, 2.45) is 5.92 Å². The van der Waals surface area contributed by atoms with Gasteiger partial charge in [-0.25, -0.2) is 4.68 Å². The number of carbonyl (C=O) groups is 1. The quantitative estimate of drug-likeness (QED) is 0.453. The van der Waals surface area contributed by atoms with Gasteiger partial charge in [0.1, 0.15) is 5.69 Å². The number of amides is 1. The fourth-order valence-electron chi connectivity index (χ4n) is 2.66. The van der Waals surface area contributed by atoms with E-state index in [1.807, 2.05) is 0 Å². The first-order chi connectivity index (χ1) is 15.8. The Morgan fingerprint density at radius 1 is 0.941 bits per heavy atom. The Kier molecular flexibility index (Phi) is 8.83. The van der Waals surface area contributed by atoms with Crippen molar-refractivity contribution in [1.82, 2.24) is 20.3 Å². The van der Waals surface area contributed by atoms with Crippen LogP contribution in [0.4, 0.5) is 26.3 Å². The largest absolute Gasteiger partial charge is 0.416 e. The highest BCUT2D eigenvalue weighted by Gasteiger charge is 2.36. The Labute approximate surface area is 192 Å². The van der Waals surface area contributed by atoms with Gasteiger partial charge in [0.2, 0.25) is 0 Å². The predicted octanol–water partition coefficient (Wildman–Crippen LogP) is 5.96. The molecule has 0 unspecified atom stereocenters. The van der Waals surface area contributed by atoms with Gasteiger partial charge in [-0.2, -0.15) is 26.3 Å². The van der Waals surface area contributed by atoms with E-state index in [-0.39, 0.29) is 30.6 Å². The van der Waals surface area contributed by atoms with E-state index in [0.29, 0.717) is 23.4 Å². The number of halogens is 6. The molecule has 3 aromatic rings. The van der Waals surface area contributed by atoms with E-state index in [2.05, 4.69) is 36.4 Å². The summed E-state index contributed by atoms with van der Waals surface area (Å²) < 4.78 is 78.8. The van der Waals surface area contributed by atoms with Crippen LogP contribution in [0.25, 0.3) is 0 Å². The maximum Gasteiger partial charge on any atom is 0.416 e. The van der Waals surface area contributed by atoms with Gasteiger partial charge in [-0.15, -0.1) is 5.10 Å². The molecule has 34 heavy (non-hydrogen) atoms. The minimum absolute atomic E-state index is 0.00980. The van der Waals surface area contributed by atoms with Crippen molar-refractivity contribution >= 4 is 5.91 Å². The fourth-order valence-corrected chi connectivity index (χ4v) is 2.66. The number of rotatable bonds is 5. The molecule has 0 aliphatic carbocycles. The van der Waals surface area contributed by atoms with Crippen LogP contribution in [0.1, 0.15) is 53.5 Å². The second-order valence-corrected chi connectivity index (χ2v) is 8.10. The summed E-state index contributed by atoms with van der Waals surface area (Å²) in [4.78, 5) is 12.0. The molecule has 0 fully saturated rings. The van der Waals surface area contributed by atoms with Crippen LogP contribution < -0.4 is 5.32 Å². The number of aromatic nitrogens is 3. The SMILES string of the molecule is CC(C)C.O=C(NCc1cn(Cc2cc(C(F)(F)F)cc(C(F)(F)F)c2)nn1)c1ccccc1. The molecule has 1 amide bonds. The molecule has 1 aromatic heterocycles. The van der Waals surface area contributed by atoms with E-state index in [1.54, 1.807) is 30.3 Å². The van der Waals surface area contributed by atoms with Gasteiger partial charge in [-0.05, 0) is 41.8 Å². The molecule has 184 valence electrons. The molecule has 0 bridgehead atoms. The van der Waals surface area contributed by atoms with E-state index < -0.39 is 23.5 Å². The number of carbonyl (C=O) groups excluding carboxylic acids is 1. The van der Waals surface area contributed by atoms with Crippen molar-refractivity contribution in [2.75, 3.05) is 0 Å². The molecule has 0 spiro atoms. The van der Waals surface area contributed by atoms with Crippen LogP contribution in [-0.2, 0) is 25.4 Å². The molecule has 0 radical (unpaired) electrons. The average Bonchev–Trinajstić information content (AvgIpc) is 3.18. The monoisotopic (exact) mass is 486 g/mol. The minimum Gasteiger partial charge on any atom is -0.346 e. The van der Waals surface area contributed by atoms with E-state index in [0.717, 1.165) is 10.6 Å². The smallest absolute Gasteiger partial charge is 0.346 e. The number of alkyl halides is 6. The Morgan fingerprint density at radius 3 is 1.97 bits per heavy atom. The zero-order chi connectivity index (χ0) is 25.5. The van der Waals surface area contributed by atoms with Crippen LogP contribution in [0.15, 0.2) is 54.7 Å². The summed E-state index contributed by atoms with van der Waals surface area (Å²) in [5, 5.41) is 10.1. The van der Waals surface area contributed by atoms with E-state index in [4.69, 9.17) is 0 Å². The molecule has 0 aliphatic rings. The molecule has 0 atom stereocenters. The molecule has 0 aliphatic heterocycles. The van der Waals surface area contributed by atoms with E-state index >= 15 is 0 Å². The zero-order valence-electron chi connectivity index (χ0n) is 18.7. The molecule has 0 saturated heterocycles. The normalized spacial score (nSPS) is 11.7. The van der Waals surface area contributed by atoms with Crippen LogP contribution in [0, 0.1) is 5.92 Å². The highest BCUT2D eigenvalue weighted by Crippen LogP contribution is 2.36. The molecule has 3 rings (SSSR count). The third-order valence-corrected chi connectivity index (χ3v) is 4.04. The summed E-state index contributed by atoms with van der Waals surface area (Å²) in [6.45, 7) is 6.14. The van der Waals surface area contributed by atoms with Crippen LogP contribution in [0.3, 0.4) is 0 Å². The Balaban J connectivity index is 0.000000945. The van der Waals surface area contributed by atoms with Crippen LogP contribution in [0.5, 0.6) is 0 Å². The summed E-state index contributed by atoms with van der Waals surface area (Å²) >= 11 is 0. The van der Waals surface area contributed by atoms with Crippen molar-refractivity contribution < 1.29 is 31.1 Å². The number of hydrogen-bond donors (Lipinski definition) is 1. The first-order valence-corrected chi connectivity index (χ1v) is 10.3. The molecular weight excluding hydrogens is 462 g/mol. The molecule has 5 nitrogen and oxygen atoms in total. The predicted molar refractivity (Wildman–Crippen MR) is 114 cm³/mol. The third kappa shape index (κ3) is 8.53. The lowest BCUT2D eigenvalue weighted by Crippen LogP contribution is -2.22. The van der Waals surface area contributed by atoms with Crippen LogP contribution in [-0.4, -0.2) is 20.9 Å². The highest BCUT2D eigenvalue weighted by atomic mass is 19.4. The summed E-state index contributed by atoms with van der Waals surface area (Å²) in [5.74, 6) is 0.470. The topological polar surface area (TPSA) is 59.8 Å². The van der Waals surface area contributed by atoms with Crippen LogP contribution >= 0.6 is 0 Å². The Hall–Kier alpha value is -3.37. The molecule has 0 saturated carbocycles. The van der Waals surface area contributed by atoms with E-state index in [1.165, 1.54) is 6.20 Å². The Bertz CT molecular complexity index is 1040. The van der Waals surface area contributed by atoms with Crippen molar-refractivity contribution in [3.05, 3.63) is 82.7 Å². The summed E-state index contributed by atoms with van der Waals surface area (Å²) in [7, 11) is 0. The van der Waals surface area contributed by atoms with Crippen LogP contribution in [0.2, 0.25) is 0 Å². The first-order valence-electron chi connectivity index (χ1n) is 10.3. The Morgan fingerprint density at radius 2 is 1.47 bits per heavy atom. The summed E-state index contributed by atoms with van der Waals surface area (Å²) in [6.07, 6.45) is -8.52. The summed E-state index contributed by atoms with van der Waals surface area (Å²) in [5.41, 5.74) is -2.32. The number of benzene rings is 2. The van der Waals surface area contributed by atoms with E-state index in [9.17, 15) is 31.1 Å². The third-order valence-electron chi connectivity index (χ3n) is 4.04. The van der Waals surface area contributed by atoms with Crippen molar-refractivity contribution in [1.29, 1.82) is 0 Å². The highest BCUT2D eigenvalue weighted by molar-refractivity contribution is 5.94. The lowest BCUT2D eigenvalue weighted by Gasteiger charge is -2.14. The van der Waals surface area contributed by atoms with Gasteiger partial charge < -0.3 is 5.32 Å². The van der Waals surface area contributed by atoms with Crippen molar-refractivity contribution in [2.45, 2.75) is 46.2 Å². The zero-order valence-corrected chi connectivity index (χ0v) is 18.7. The lowest BCUT2D eigenvalue weighted by molar-refractivity contribution is -0.143. The van der Waals surface area contributed by atoms with Crippen molar-refractivity contribution in [3.8, 4) is 0 Å². The average molecular weight is 486 g/mol. The minimum atomic E-state index is -4.93. The van der Waals surface area contributed by atoms with Gasteiger partial charge in [0.25, 0.3) is 5.91 Å². The number of hydrogen-bond acceptors (Lipinski definition) is 3. The lowest BCUT2D eigenvalue weighted by atomic mass is 10.0. The molecule has 2 aromatic carbocycles. The van der Waals surface area contributed by atoms with Gasteiger partial charge in [0.15, 0.2) is 0 Å². The van der Waals surface area contributed by atoms with Crippen molar-refractivity contribution in [3.63, 3.8) is 0 Å². The second kappa shape index (κ2) is 11.2. The molecular formula is C23H24F6N4O. The summed E-state index contributed by atoms with van der Waals surface area (Å²) in [6, 6.07) is 9.68. The molecule has 1 heterocycles. The van der Waals surface area contributed by atoms with Gasteiger partial charge >= 0.3 is 12.4 Å². The second-order valence-electron chi connectivity index (χ2n) is 8.10. The van der Waals surface area contributed by atoms with Gasteiger partial charge in [-0.3, -0.25) is 4.79 Å². The first kappa shape index (κ1) is 26.9.